The van der Waals surface area contributed by atoms with Gasteiger partial charge in [-0.25, -0.2) is 0 Å². The quantitative estimate of drug-likeness (QED) is 0.870. The van der Waals surface area contributed by atoms with Gasteiger partial charge in [-0.05, 0) is 18.2 Å². The fraction of sp³-hybridized carbons (Fsp3) is 0.385. The largest absolute Gasteiger partial charge is 0.396 e. The van der Waals surface area contributed by atoms with Crippen LogP contribution in [-0.2, 0) is 4.79 Å². The topological polar surface area (TPSA) is 69.6 Å². The molecule has 0 bridgehead atoms. The molecule has 1 unspecified atom stereocenters. The SMILES string of the molecule is CNC(=O)c1ccc(Cl)c(N2CC(CO)CC2=O)c1. The maximum Gasteiger partial charge on any atom is 0.251 e. The number of carbonyl (C=O) groups is 2. The predicted octanol–water partition coefficient (Wildman–Crippen LogP) is 1.04. The third-order valence-corrected chi connectivity index (χ3v) is 3.51. The molecule has 1 saturated heterocycles. The number of nitrogens with one attached hydrogen (secondary N) is 1. The van der Waals surface area contributed by atoms with Gasteiger partial charge in [0.1, 0.15) is 0 Å². The van der Waals surface area contributed by atoms with Gasteiger partial charge < -0.3 is 15.3 Å². The van der Waals surface area contributed by atoms with Gasteiger partial charge in [0.25, 0.3) is 5.91 Å². The highest BCUT2D eigenvalue weighted by Crippen LogP contribution is 2.32. The minimum Gasteiger partial charge on any atom is -0.396 e. The summed E-state index contributed by atoms with van der Waals surface area (Å²) in [5.74, 6) is -0.398. The number of aliphatic hydroxyl groups is 1. The van der Waals surface area contributed by atoms with Crippen LogP contribution in [0, 0.1) is 5.92 Å². The van der Waals surface area contributed by atoms with Gasteiger partial charge in [0.05, 0.1) is 10.7 Å². The molecular formula is C13H15ClN2O3. The summed E-state index contributed by atoms with van der Waals surface area (Å²) in [4.78, 5) is 25.0. The van der Waals surface area contributed by atoms with Crippen molar-refractivity contribution in [2.24, 2.45) is 5.92 Å². The average molecular weight is 283 g/mol. The van der Waals surface area contributed by atoms with Gasteiger partial charge in [-0.3, -0.25) is 9.59 Å². The molecular weight excluding hydrogens is 268 g/mol. The Kier molecular flexibility index (Phi) is 4.07. The number of rotatable bonds is 3. The summed E-state index contributed by atoms with van der Waals surface area (Å²) in [6.07, 6.45) is 0.303. The van der Waals surface area contributed by atoms with Gasteiger partial charge >= 0.3 is 0 Å². The fourth-order valence-electron chi connectivity index (χ4n) is 2.14. The van der Waals surface area contributed by atoms with Crippen molar-refractivity contribution in [1.29, 1.82) is 0 Å². The van der Waals surface area contributed by atoms with Crippen molar-refractivity contribution in [2.45, 2.75) is 6.42 Å². The standard InChI is InChI=1S/C13H15ClN2O3/c1-15-13(19)9-2-3-10(14)11(5-9)16-6-8(7-17)4-12(16)18/h2-3,5,8,17H,4,6-7H2,1H3,(H,15,19). The van der Waals surface area contributed by atoms with Gasteiger partial charge in [0.2, 0.25) is 5.91 Å². The lowest BCUT2D eigenvalue weighted by atomic mass is 10.1. The molecule has 1 atom stereocenters. The highest BCUT2D eigenvalue weighted by atomic mass is 35.5. The van der Waals surface area contributed by atoms with Crippen LogP contribution in [0.5, 0.6) is 0 Å². The number of aliphatic hydroxyl groups excluding tert-OH is 1. The minimum absolute atomic E-state index is 0.0327. The fourth-order valence-corrected chi connectivity index (χ4v) is 2.36. The van der Waals surface area contributed by atoms with Gasteiger partial charge in [-0.1, -0.05) is 11.6 Å². The molecule has 1 aromatic carbocycles. The van der Waals surface area contributed by atoms with Crippen LogP contribution in [0.2, 0.25) is 5.02 Å². The molecule has 19 heavy (non-hydrogen) atoms. The maximum absolute atomic E-state index is 11.9. The van der Waals surface area contributed by atoms with E-state index in [2.05, 4.69) is 5.32 Å². The van der Waals surface area contributed by atoms with Crippen LogP contribution >= 0.6 is 11.6 Å². The number of amides is 2. The third-order valence-electron chi connectivity index (χ3n) is 3.19. The molecule has 1 heterocycles. The van der Waals surface area contributed by atoms with Crippen molar-refractivity contribution in [3.05, 3.63) is 28.8 Å². The molecule has 5 nitrogen and oxygen atoms in total. The molecule has 1 aliphatic rings. The van der Waals surface area contributed by atoms with E-state index in [4.69, 9.17) is 16.7 Å². The Hall–Kier alpha value is -1.59. The van der Waals surface area contributed by atoms with Crippen molar-refractivity contribution in [2.75, 3.05) is 25.1 Å². The van der Waals surface area contributed by atoms with Crippen molar-refractivity contribution in [1.82, 2.24) is 5.32 Å². The van der Waals surface area contributed by atoms with Crippen LogP contribution < -0.4 is 10.2 Å². The monoisotopic (exact) mass is 282 g/mol. The predicted molar refractivity (Wildman–Crippen MR) is 72.4 cm³/mol. The van der Waals surface area contributed by atoms with Gasteiger partial charge in [-0.2, -0.15) is 0 Å². The second-order valence-electron chi connectivity index (χ2n) is 4.50. The highest BCUT2D eigenvalue weighted by Gasteiger charge is 2.31. The number of carbonyl (C=O) groups excluding carboxylic acids is 2. The Bertz CT molecular complexity index is 519. The van der Waals surface area contributed by atoms with E-state index >= 15 is 0 Å². The summed E-state index contributed by atoms with van der Waals surface area (Å²) in [6.45, 7) is 0.390. The molecule has 0 saturated carbocycles. The summed E-state index contributed by atoms with van der Waals surface area (Å²) in [6, 6.07) is 4.80. The van der Waals surface area contributed by atoms with Crippen LogP contribution in [0.1, 0.15) is 16.8 Å². The molecule has 0 aliphatic carbocycles. The van der Waals surface area contributed by atoms with E-state index in [1.807, 2.05) is 0 Å². The Morgan fingerprint density at radius 3 is 2.89 bits per heavy atom. The molecule has 0 aromatic heterocycles. The van der Waals surface area contributed by atoms with Crippen LogP contribution in [0.25, 0.3) is 0 Å². The second-order valence-corrected chi connectivity index (χ2v) is 4.91. The van der Waals surface area contributed by atoms with E-state index in [0.717, 1.165) is 0 Å². The van der Waals surface area contributed by atoms with E-state index in [1.54, 1.807) is 25.2 Å². The van der Waals surface area contributed by atoms with Crippen LogP contribution in [0.15, 0.2) is 18.2 Å². The lowest BCUT2D eigenvalue weighted by Gasteiger charge is -2.18. The van der Waals surface area contributed by atoms with Crippen molar-refractivity contribution >= 4 is 29.1 Å². The summed E-state index contributed by atoms with van der Waals surface area (Å²) in [7, 11) is 1.54. The number of anilines is 1. The number of halogens is 1. The minimum atomic E-state index is -0.233. The van der Waals surface area contributed by atoms with Crippen LogP contribution in [0.3, 0.4) is 0 Å². The summed E-state index contributed by atoms with van der Waals surface area (Å²) >= 11 is 6.09. The molecule has 2 N–H and O–H groups in total. The normalized spacial score (nSPS) is 18.8. The van der Waals surface area contributed by atoms with E-state index in [-0.39, 0.29) is 24.3 Å². The zero-order valence-corrected chi connectivity index (χ0v) is 11.3. The summed E-state index contributed by atoms with van der Waals surface area (Å²) in [5.41, 5.74) is 0.964. The Morgan fingerprint density at radius 2 is 2.32 bits per heavy atom. The van der Waals surface area contributed by atoms with E-state index in [9.17, 15) is 9.59 Å². The maximum atomic E-state index is 11.9. The molecule has 2 rings (SSSR count). The highest BCUT2D eigenvalue weighted by molar-refractivity contribution is 6.34. The number of hydrogen-bond acceptors (Lipinski definition) is 3. The first-order chi connectivity index (χ1) is 9.06. The zero-order valence-electron chi connectivity index (χ0n) is 10.5. The Balaban J connectivity index is 2.34. The molecule has 1 aromatic rings. The molecule has 2 amide bonds. The summed E-state index contributed by atoms with van der Waals surface area (Å²) in [5, 5.41) is 12.1. The second kappa shape index (κ2) is 5.59. The smallest absolute Gasteiger partial charge is 0.251 e. The first-order valence-electron chi connectivity index (χ1n) is 5.99. The van der Waals surface area contributed by atoms with E-state index in [1.165, 1.54) is 4.90 Å². The van der Waals surface area contributed by atoms with Crippen molar-refractivity contribution in [3.8, 4) is 0 Å². The zero-order chi connectivity index (χ0) is 14.0. The van der Waals surface area contributed by atoms with Gasteiger partial charge in [0, 0.05) is 38.1 Å². The molecule has 1 fully saturated rings. The third kappa shape index (κ3) is 2.72. The van der Waals surface area contributed by atoms with Crippen molar-refractivity contribution in [3.63, 3.8) is 0 Å². The first kappa shape index (κ1) is 13.8. The Labute approximate surface area is 116 Å². The number of nitrogens with zero attached hydrogens (tertiary/aromatic N) is 1. The van der Waals surface area contributed by atoms with Gasteiger partial charge in [-0.15, -0.1) is 0 Å². The summed E-state index contributed by atoms with van der Waals surface area (Å²) < 4.78 is 0. The lowest BCUT2D eigenvalue weighted by molar-refractivity contribution is -0.117. The molecule has 0 radical (unpaired) electrons. The van der Waals surface area contributed by atoms with E-state index < -0.39 is 0 Å². The molecule has 102 valence electrons. The lowest BCUT2D eigenvalue weighted by Crippen LogP contribution is -2.26. The van der Waals surface area contributed by atoms with Crippen LogP contribution in [0.4, 0.5) is 5.69 Å². The van der Waals surface area contributed by atoms with Gasteiger partial charge in [0.15, 0.2) is 0 Å². The van der Waals surface area contributed by atoms with Crippen molar-refractivity contribution < 1.29 is 14.7 Å². The van der Waals surface area contributed by atoms with E-state index in [0.29, 0.717) is 29.2 Å². The van der Waals surface area contributed by atoms with Crippen LogP contribution in [-0.4, -0.2) is 37.1 Å². The Morgan fingerprint density at radius 1 is 1.58 bits per heavy atom. The number of hydrogen-bond donors (Lipinski definition) is 2. The molecule has 6 heteroatoms. The first-order valence-corrected chi connectivity index (χ1v) is 6.37. The number of benzene rings is 1. The average Bonchev–Trinajstić information content (AvgIpc) is 2.79. The molecule has 1 aliphatic heterocycles. The molecule has 0 spiro atoms.